The van der Waals surface area contributed by atoms with Crippen LogP contribution in [0.5, 0.6) is 0 Å². The van der Waals surface area contributed by atoms with Crippen molar-refractivity contribution >= 4 is 44.1 Å². The zero-order chi connectivity index (χ0) is 13.2. The van der Waals surface area contributed by atoms with Gasteiger partial charge in [0.1, 0.15) is 0 Å². The summed E-state index contributed by atoms with van der Waals surface area (Å²) < 4.78 is 1.02. The SMILES string of the molecule is Clc1ccc(CNc2ccc3[nH]ccc3c2)c(Br)c1. The van der Waals surface area contributed by atoms with Crippen LogP contribution in [0.4, 0.5) is 5.69 Å². The monoisotopic (exact) mass is 334 g/mol. The molecule has 0 saturated heterocycles. The molecule has 0 aliphatic carbocycles. The van der Waals surface area contributed by atoms with Gasteiger partial charge < -0.3 is 10.3 Å². The van der Waals surface area contributed by atoms with Crippen LogP contribution in [0.1, 0.15) is 5.56 Å². The largest absolute Gasteiger partial charge is 0.381 e. The minimum Gasteiger partial charge on any atom is -0.381 e. The van der Waals surface area contributed by atoms with E-state index in [9.17, 15) is 0 Å². The molecular formula is C15H12BrClN2. The number of aromatic amines is 1. The average molecular weight is 336 g/mol. The summed E-state index contributed by atoms with van der Waals surface area (Å²) in [5.74, 6) is 0. The fraction of sp³-hybridized carbons (Fsp3) is 0.0667. The van der Waals surface area contributed by atoms with Gasteiger partial charge in [-0.3, -0.25) is 0 Å². The van der Waals surface area contributed by atoms with Crippen molar-refractivity contribution in [3.05, 3.63) is 63.7 Å². The quantitative estimate of drug-likeness (QED) is 0.677. The highest BCUT2D eigenvalue weighted by Gasteiger charge is 2.02. The predicted octanol–water partition coefficient (Wildman–Crippen LogP) is 5.20. The number of H-pyrrole nitrogens is 1. The minimum absolute atomic E-state index is 0.740. The summed E-state index contributed by atoms with van der Waals surface area (Å²) >= 11 is 9.46. The lowest BCUT2D eigenvalue weighted by Crippen LogP contribution is -1.99. The van der Waals surface area contributed by atoms with Gasteiger partial charge in [-0.05, 0) is 42.0 Å². The smallest absolute Gasteiger partial charge is 0.0455 e. The Labute approximate surface area is 124 Å². The molecule has 3 aromatic rings. The zero-order valence-corrected chi connectivity index (χ0v) is 12.4. The van der Waals surface area contributed by atoms with E-state index >= 15 is 0 Å². The van der Waals surface area contributed by atoms with E-state index in [2.05, 4.69) is 50.5 Å². The van der Waals surface area contributed by atoms with Crippen LogP contribution < -0.4 is 5.32 Å². The van der Waals surface area contributed by atoms with E-state index in [0.29, 0.717) is 0 Å². The molecule has 19 heavy (non-hydrogen) atoms. The van der Waals surface area contributed by atoms with Gasteiger partial charge in [0.25, 0.3) is 0 Å². The molecule has 0 fully saturated rings. The molecule has 0 radical (unpaired) electrons. The van der Waals surface area contributed by atoms with Gasteiger partial charge in [-0.25, -0.2) is 0 Å². The first-order valence-corrected chi connectivity index (χ1v) is 7.14. The van der Waals surface area contributed by atoms with Gasteiger partial charge in [-0.2, -0.15) is 0 Å². The molecular weight excluding hydrogens is 324 g/mol. The van der Waals surface area contributed by atoms with Crippen LogP contribution in [-0.2, 0) is 6.54 Å². The molecule has 1 aromatic heterocycles. The number of rotatable bonds is 3. The first kappa shape index (κ1) is 12.6. The Kier molecular flexibility index (Phi) is 3.49. The second kappa shape index (κ2) is 5.27. The number of anilines is 1. The lowest BCUT2D eigenvalue weighted by molar-refractivity contribution is 1.14. The van der Waals surface area contributed by atoms with Crippen LogP contribution in [0.25, 0.3) is 10.9 Å². The fourth-order valence-corrected chi connectivity index (χ4v) is 2.85. The van der Waals surface area contributed by atoms with Gasteiger partial charge in [0.05, 0.1) is 0 Å². The number of fused-ring (bicyclic) bond motifs is 1. The van der Waals surface area contributed by atoms with Crippen molar-refractivity contribution in [2.75, 3.05) is 5.32 Å². The molecule has 0 aliphatic heterocycles. The maximum Gasteiger partial charge on any atom is 0.0455 e. The summed E-state index contributed by atoms with van der Waals surface area (Å²) in [6, 6.07) is 14.2. The molecule has 2 nitrogen and oxygen atoms in total. The van der Waals surface area contributed by atoms with E-state index in [1.54, 1.807) is 0 Å². The average Bonchev–Trinajstić information content (AvgIpc) is 2.85. The standard InChI is InChI=1S/C15H12BrClN2/c16-14-8-12(17)2-1-11(14)9-19-13-3-4-15-10(7-13)5-6-18-15/h1-8,18-19H,9H2. The summed E-state index contributed by atoms with van der Waals surface area (Å²) in [6.45, 7) is 0.758. The molecule has 0 bridgehead atoms. The third kappa shape index (κ3) is 2.77. The van der Waals surface area contributed by atoms with Gasteiger partial charge in [-0.15, -0.1) is 0 Å². The fourth-order valence-electron chi connectivity index (χ4n) is 2.03. The van der Waals surface area contributed by atoms with Gasteiger partial charge in [0, 0.05) is 38.8 Å². The second-order valence-corrected chi connectivity index (χ2v) is 5.66. The Morgan fingerprint density at radius 3 is 2.84 bits per heavy atom. The molecule has 0 amide bonds. The summed E-state index contributed by atoms with van der Waals surface area (Å²) in [4.78, 5) is 3.19. The summed E-state index contributed by atoms with van der Waals surface area (Å²) in [5.41, 5.74) is 3.44. The van der Waals surface area contributed by atoms with Crippen LogP contribution in [-0.4, -0.2) is 4.98 Å². The lowest BCUT2D eigenvalue weighted by Gasteiger charge is -2.09. The molecule has 96 valence electrons. The van der Waals surface area contributed by atoms with Crippen LogP contribution in [0, 0.1) is 0 Å². The maximum absolute atomic E-state index is 5.93. The second-order valence-electron chi connectivity index (χ2n) is 4.37. The van der Waals surface area contributed by atoms with Crippen LogP contribution >= 0.6 is 27.5 Å². The van der Waals surface area contributed by atoms with Crippen molar-refractivity contribution < 1.29 is 0 Å². The molecule has 1 heterocycles. The Balaban J connectivity index is 1.77. The van der Waals surface area contributed by atoms with Crippen molar-refractivity contribution in [3.8, 4) is 0 Å². The first-order valence-electron chi connectivity index (χ1n) is 5.97. The van der Waals surface area contributed by atoms with Gasteiger partial charge in [-0.1, -0.05) is 33.6 Å². The molecule has 2 aromatic carbocycles. The topological polar surface area (TPSA) is 27.8 Å². The number of hydrogen-bond acceptors (Lipinski definition) is 1. The zero-order valence-electron chi connectivity index (χ0n) is 10.1. The summed E-state index contributed by atoms with van der Waals surface area (Å²) in [7, 11) is 0. The maximum atomic E-state index is 5.93. The number of nitrogens with one attached hydrogen (secondary N) is 2. The van der Waals surface area contributed by atoms with Crippen LogP contribution in [0.2, 0.25) is 5.02 Å². The number of aromatic nitrogens is 1. The molecule has 3 rings (SSSR count). The van der Waals surface area contributed by atoms with E-state index in [1.807, 2.05) is 24.4 Å². The minimum atomic E-state index is 0.740. The normalized spacial score (nSPS) is 10.8. The van der Waals surface area contributed by atoms with Gasteiger partial charge >= 0.3 is 0 Å². The van der Waals surface area contributed by atoms with Gasteiger partial charge in [0.2, 0.25) is 0 Å². The molecule has 0 unspecified atom stereocenters. The molecule has 2 N–H and O–H groups in total. The Hall–Kier alpha value is -1.45. The Bertz CT molecular complexity index is 721. The molecule has 0 atom stereocenters. The van der Waals surface area contributed by atoms with Crippen molar-refractivity contribution in [3.63, 3.8) is 0 Å². The highest BCUT2D eigenvalue weighted by Crippen LogP contribution is 2.23. The Morgan fingerprint density at radius 1 is 1.11 bits per heavy atom. The first-order chi connectivity index (χ1) is 9.22. The Morgan fingerprint density at radius 2 is 2.00 bits per heavy atom. The van der Waals surface area contributed by atoms with E-state index in [1.165, 1.54) is 10.9 Å². The van der Waals surface area contributed by atoms with E-state index in [-0.39, 0.29) is 0 Å². The number of halogens is 2. The van der Waals surface area contributed by atoms with E-state index < -0.39 is 0 Å². The lowest BCUT2D eigenvalue weighted by atomic mass is 10.2. The third-order valence-corrected chi connectivity index (χ3v) is 4.02. The molecule has 0 saturated carbocycles. The van der Waals surface area contributed by atoms with Crippen molar-refractivity contribution in [2.24, 2.45) is 0 Å². The van der Waals surface area contributed by atoms with Crippen LogP contribution in [0.3, 0.4) is 0 Å². The van der Waals surface area contributed by atoms with Gasteiger partial charge in [0.15, 0.2) is 0 Å². The van der Waals surface area contributed by atoms with Crippen molar-refractivity contribution in [2.45, 2.75) is 6.54 Å². The number of benzene rings is 2. The van der Waals surface area contributed by atoms with E-state index in [0.717, 1.165) is 27.2 Å². The third-order valence-electron chi connectivity index (χ3n) is 3.05. The molecule has 4 heteroatoms. The summed E-state index contributed by atoms with van der Waals surface area (Å²) in [5, 5.41) is 5.36. The number of hydrogen-bond donors (Lipinski definition) is 2. The molecule has 0 aliphatic rings. The summed E-state index contributed by atoms with van der Waals surface area (Å²) in [6.07, 6.45) is 1.95. The predicted molar refractivity (Wildman–Crippen MR) is 84.8 cm³/mol. The highest BCUT2D eigenvalue weighted by molar-refractivity contribution is 9.10. The van der Waals surface area contributed by atoms with Crippen LogP contribution in [0.15, 0.2) is 53.1 Å². The highest BCUT2D eigenvalue weighted by atomic mass is 79.9. The van der Waals surface area contributed by atoms with Crippen molar-refractivity contribution in [1.82, 2.24) is 4.98 Å². The van der Waals surface area contributed by atoms with Crippen molar-refractivity contribution in [1.29, 1.82) is 0 Å². The molecule has 0 spiro atoms. The van der Waals surface area contributed by atoms with E-state index in [4.69, 9.17) is 11.6 Å².